The first kappa shape index (κ1) is 10.7. The van der Waals surface area contributed by atoms with Crippen LogP contribution in [0.5, 0.6) is 0 Å². The van der Waals surface area contributed by atoms with Crippen LogP contribution in [-0.4, -0.2) is 26.3 Å². The molecule has 1 saturated heterocycles. The minimum absolute atomic E-state index is 0.295. The molecule has 0 aromatic heterocycles. The van der Waals surface area contributed by atoms with Crippen molar-refractivity contribution < 1.29 is 19.0 Å². The lowest BCUT2D eigenvalue weighted by molar-refractivity contribution is -0.163. The summed E-state index contributed by atoms with van der Waals surface area (Å²) in [5, 5.41) is 0. The number of benzene rings is 1. The van der Waals surface area contributed by atoms with Crippen LogP contribution in [0.1, 0.15) is 27.9 Å². The smallest absolute Gasteiger partial charge is 0.338 e. The van der Waals surface area contributed by atoms with Crippen LogP contribution in [0.25, 0.3) is 0 Å². The van der Waals surface area contributed by atoms with Crippen molar-refractivity contribution in [2.75, 3.05) is 20.3 Å². The third kappa shape index (κ3) is 1.48. The highest BCUT2D eigenvalue weighted by Gasteiger charge is 2.45. The van der Waals surface area contributed by atoms with Crippen molar-refractivity contribution in [3.05, 3.63) is 34.9 Å². The Hall–Kier alpha value is -1.39. The molecule has 1 aliphatic heterocycles. The van der Waals surface area contributed by atoms with Crippen LogP contribution in [0.2, 0.25) is 0 Å². The van der Waals surface area contributed by atoms with Crippen molar-refractivity contribution in [3.8, 4) is 0 Å². The second-order valence-electron chi connectivity index (χ2n) is 4.27. The number of esters is 1. The molecule has 0 radical (unpaired) electrons. The van der Waals surface area contributed by atoms with Gasteiger partial charge in [0.1, 0.15) is 0 Å². The van der Waals surface area contributed by atoms with E-state index in [-0.39, 0.29) is 5.97 Å². The Bertz CT molecular complexity index is 460. The molecule has 0 atom stereocenters. The van der Waals surface area contributed by atoms with Crippen molar-refractivity contribution >= 4 is 5.97 Å². The number of ether oxygens (including phenoxy) is 3. The summed E-state index contributed by atoms with van der Waals surface area (Å²) in [6.07, 6.45) is 1.57. The van der Waals surface area contributed by atoms with E-state index in [1.54, 1.807) is 6.07 Å². The fraction of sp³-hybridized carbons (Fsp3) is 0.462. The molecule has 4 nitrogen and oxygen atoms in total. The number of fused-ring (bicyclic) bond motifs is 2. The van der Waals surface area contributed by atoms with Gasteiger partial charge in [0, 0.05) is 12.0 Å². The first-order valence-corrected chi connectivity index (χ1v) is 5.75. The average Bonchev–Trinajstić information content (AvgIpc) is 2.98. The van der Waals surface area contributed by atoms with E-state index in [9.17, 15) is 4.79 Å². The van der Waals surface area contributed by atoms with E-state index in [0.717, 1.165) is 24.0 Å². The van der Waals surface area contributed by atoms with Gasteiger partial charge < -0.3 is 14.2 Å². The van der Waals surface area contributed by atoms with Crippen molar-refractivity contribution in [1.82, 2.24) is 0 Å². The fourth-order valence-electron chi connectivity index (χ4n) is 2.69. The third-order valence-corrected chi connectivity index (χ3v) is 3.45. The summed E-state index contributed by atoms with van der Waals surface area (Å²) in [4.78, 5) is 11.7. The highest BCUT2D eigenvalue weighted by atomic mass is 16.7. The van der Waals surface area contributed by atoms with E-state index in [1.165, 1.54) is 7.11 Å². The first-order valence-electron chi connectivity index (χ1n) is 5.75. The molecule has 4 heteroatoms. The van der Waals surface area contributed by atoms with Crippen LogP contribution in [0.4, 0.5) is 0 Å². The topological polar surface area (TPSA) is 44.8 Å². The predicted octanol–water partition coefficient (Wildman–Crippen LogP) is 1.62. The van der Waals surface area contributed by atoms with E-state index in [4.69, 9.17) is 14.2 Å². The van der Waals surface area contributed by atoms with Crippen LogP contribution < -0.4 is 0 Å². The number of carbonyl (C=O) groups is 1. The summed E-state index contributed by atoms with van der Waals surface area (Å²) < 4.78 is 16.2. The number of hydrogen-bond acceptors (Lipinski definition) is 4. The molecule has 0 amide bonds. The lowest BCUT2D eigenvalue weighted by atomic mass is 10.0. The van der Waals surface area contributed by atoms with Gasteiger partial charge >= 0.3 is 5.97 Å². The number of rotatable bonds is 1. The fourth-order valence-corrected chi connectivity index (χ4v) is 2.69. The SMILES string of the molecule is COC(=O)c1cccc2c1CCC21OCCO1. The first-order chi connectivity index (χ1) is 8.27. The van der Waals surface area contributed by atoms with Crippen LogP contribution in [0.3, 0.4) is 0 Å². The lowest BCUT2D eigenvalue weighted by Crippen LogP contribution is -2.23. The van der Waals surface area contributed by atoms with Crippen molar-refractivity contribution in [3.63, 3.8) is 0 Å². The average molecular weight is 234 g/mol. The molecule has 1 aromatic rings. The quantitative estimate of drug-likeness (QED) is 0.693. The van der Waals surface area contributed by atoms with Gasteiger partial charge in [-0.15, -0.1) is 0 Å². The standard InChI is InChI=1S/C13H14O4/c1-15-12(14)10-3-2-4-11-9(10)5-6-13(11)16-7-8-17-13/h2-4H,5-8H2,1H3. The minimum Gasteiger partial charge on any atom is -0.465 e. The number of carbonyl (C=O) groups excluding carboxylic acids is 1. The van der Waals surface area contributed by atoms with Gasteiger partial charge in [0.25, 0.3) is 0 Å². The van der Waals surface area contributed by atoms with Gasteiger partial charge in [-0.3, -0.25) is 0 Å². The van der Waals surface area contributed by atoms with Crippen LogP contribution in [0.15, 0.2) is 18.2 Å². The molecule has 1 fully saturated rings. The van der Waals surface area contributed by atoms with Gasteiger partial charge in [-0.2, -0.15) is 0 Å². The molecule has 2 aliphatic rings. The van der Waals surface area contributed by atoms with Crippen LogP contribution in [0, 0.1) is 0 Å². The van der Waals surface area contributed by atoms with Gasteiger partial charge in [0.05, 0.1) is 25.9 Å². The maximum Gasteiger partial charge on any atom is 0.338 e. The van der Waals surface area contributed by atoms with Crippen LogP contribution >= 0.6 is 0 Å². The second-order valence-corrected chi connectivity index (χ2v) is 4.27. The molecule has 1 aromatic carbocycles. The van der Waals surface area contributed by atoms with Gasteiger partial charge in [-0.1, -0.05) is 12.1 Å². The number of hydrogen-bond donors (Lipinski definition) is 0. The molecular weight excluding hydrogens is 220 g/mol. The molecule has 1 aliphatic carbocycles. The van der Waals surface area contributed by atoms with E-state index < -0.39 is 5.79 Å². The monoisotopic (exact) mass is 234 g/mol. The molecular formula is C13H14O4. The third-order valence-electron chi connectivity index (χ3n) is 3.45. The zero-order chi connectivity index (χ0) is 11.9. The van der Waals surface area contributed by atoms with Gasteiger partial charge in [-0.25, -0.2) is 4.79 Å². The minimum atomic E-state index is -0.612. The molecule has 0 unspecified atom stereocenters. The molecule has 17 heavy (non-hydrogen) atoms. The Kier molecular flexibility index (Phi) is 2.42. The van der Waals surface area contributed by atoms with Crippen molar-refractivity contribution in [2.24, 2.45) is 0 Å². The van der Waals surface area contributed by atoms with E-state index in [0.29, 0.717) is 18.8 Å². The summed E-state index contributed by atoms with van der Waals surface area (Å²) in [6, 6.07) is 5.61. The van der Waals surface area contributed by atoms with Gasteiger partial charge in [-0.05, 0) is 18.1 Å². The van der Waals surface area contributed by atoms with Crippen LogP contribution in [-0.2, 0) is 26.4 Å². The summed E-state index contributed by atoms with van der Waals surface area (Å²) in [5.74, 6) is -0.906. The van der Waals surface area contributed by atoms with E-state index in [1.807, 2.05) is 12.1 Å². The molecule has 3 rings (SSSR count). The molecule has 0 saturated carbocycles. The normalized spacial score (nSPS) is 20.5. The highest BCUT2D eigenvalue weighted by Crippen LogP contribution is 2.44. The zero-order valence-electron chi connectivity index (χ0n) is 9.69. The Morgan fingerprint density at radius 3 is 2.82 bits per heavy atom. The number of methoxy groups -OCH3 is 1. The maximum atomic E-state index is 11.7. The summed E-state index contributed by atoms with van der Waals surface area (Å²) in [5.41, 5.74) is 2.61. The predicted molar refractivity (Wildman–Crippen MR) is 59.7 cm³/mol. The molecule has 90 valence electrons. The Morgan fingerprint density at radius 2 is 2.12 bits per heavy atom. The molecule has 1 spiro atoms. The van der Waals surface area contributed by atoms with Crippen molar-refractivity contribution in [2.45, 2.75) is 18.6 Å². The molecule has 0 N–H and O–H groups in total. The zero-order valence-corrected chi connectivity index (χ0v) is 9.69. The highest BCUT2D eigenvalue weighted by molar-refractivity contribution is 5.91. The maximum absolute atomic E-state index is 11.7. The summed E-state index contributed by atoms with van der Waals surface area (Å²) >= 11 is 0. The second kappa shape index (κ2) is 3.82. The van der Waals surface area contributed by atoms with E-state index in [2.05, 4.69) is 0 Å². The van der Waals surface area contributed by atoms with Gasteiger partial charge in [0.15, 0.2) is 5.79 Å². The van der Waals surface area contributed by atoms with Crippen molar-refractivity contribution in [1.29, 1.82) is 0 Å². The summed E-state index contributed by atoms with van der Waals surface area (Å²) in [7, 11) is 1.40. The molecule has 0 bridgehead atoms. The Labute approximate surface area is 99.5 Å². The molecule has 1 heterocycles. The van der Waals surface area contributed by atoms with Gasteiger partial charge in [0.2, 0.25) is 0 Å². The Morgan fingerprint density at radius 1 is 1.35 bits per heavy atom. The lowest BCUT2D eigenvalue weighted by Gasteiger charge is -2.22. The largest absolute Gasteiger partial charge is 0.465 e. The Balaban J connectivity index is 2.09. The summed E-state index contributed by atoms with van der Waals surface area (Å²) in [6.45, 7) is 1.23. The van der Waals surface area contributed by atoms with E-state index >= 15 is 0 Å².